The molecule has 0 bridgehead atoms. The van der Waals surface area contributed by atoms with E-state index in [9.17, 15) is 4.79 Å². The Kier molecular flexibility index (Phi) is 5.82. The first-order chi connectivity index (χ1) is 14.1. The number of rotatable bonds is 6. The highest BCUT2D eigenvalue weighted by molar-refractivity contribution is 7.20. The van der Waals surface area contributed by atoms with Gasteiger partial charge < -0.3 is 9.64 Å². The Morgan fingerprint density at radius 3 is 2.72 bits per heavy atom. The third-order valence-corrected chi connectivity index (χ3v) is 6.47. The normalized spacial score (nSPS) is 16.3. The summed E-state index contributed by atoms with van der Waals surface area (Å²) in [6.45, 7) is 7.97. The van der Waals surface area contributed by atoms with Crippen LogP contribution in [0.4, 0.5) is 5.13 Å². The van der Waals surface area contributed by atoms with Crippen molar-refractivity contribution < 1.29 is 4.74 Å². The molecule has 1 fully saturated rings. The van der Waals surface area contributed by atoms with Crippen LogP contribution in [0.25, 0.3) is 4.96 Å². The van der Waals surface area contributed by atoms with Crippen molar-refractivity contribution >= 4 is 21.4 Å². The lowest BCUT2D eigenvalue weighted by atomic mass is 10.1. The molecule has 1 saturated heterocycles. The molecule has 0 radical (unpaired) electrons. The number of anilines is 1. The van der Waals surface area contributed by atoms with Gasteiger partial charge in [-0.3, -0.25) is 9.69 Å². The fourth-order valence-electron chi connectivity index (χ4n) is 3.77. The van der Waals surface area contributed by atoms with E-state index < -0.39 is 0 Å². The molecule has 29 heavy (non-hydrogen) atoms. The second-order valence-electron chi connectivity index (χ2n) is 7.39. The number of ether oxygens (including phenoxy) is 1. The highest BCUT2D eigenvalue weighted by Gasteiger charge is 2.24. The van der Waals surface area contributed by atoms with Crippen LogP contribution in [0.1, 0.15) is 37.6 Å². The number of piperazine rings is 1. The molecule has 0 saturated carbocycles. The van der Waals surface area contributed by atoms with Crippen molar-refractivity contribution in [1.82, 2.24) is 19.5 Å². The average molecular weight is 414 g/mol. The molecule has 1 atom stereocenters. The molecule has 3 aromatic rings. The van der Waals surface area contributed by atoms with E-state index >= 15 is 0 Å². The van der Waals surface area contributed by atoms with Crippen LogP contribution in [-0.4, -0.2) is 52.8 Å². The summed E-state index contributed by atoms with van der Waals surface area (Å²) >= 11 is 1.50. The maximum atomic E-state index is 12.4. The SMILES string of the molecule is CCCc1cc(=O)n2nc(N3CCN(C(C)c4cccc(OC)c4)CC3)sc2n1. The van der Waals surface area contributed by atoms with Crippen molar-refractivity contribution in [3.8, 4) is 5.75 Å². The van der Waals surface area contributed by atoms with Crippen molar-refractivity contribution in [2.24, 2.45) is 0 Å². The number of fused-ring (bicyclic) bond motifs is 1. The second-order valence-corrected chi connectivity index (χ2v) is 8.32. The maximum Gasteiger partial charge on any atom is 0.275 e. The Bertz CT molecular complexity index is 1040. The van der Waals surface area contributed by atoms with Crippen LogP contribution >= 0.6 is 11.3 Å². The summed E-state index contributed by atoms with van der Waals surface area (Å²) in [6.07, 6.45) is 1.79. The van der Waals surface area contributed by atoms with E-state index in [-0.39, 0.29) is 5.56 Å². The lowest BCUT2D eigenvalue weighted by Crippen LogP contribution is -2.47. The molecule has 4 rings (SSSR count). The Balaban J connectivity index is 1.46. The first-order valence-corrected chi connectivity index (χ1v) is 10.9. The standard InChI is InChI=1S/C21H27N5O2S/c1-4-6-17-14-19(27)26-20(22-17)29-21(23-26)25-11-9-24(10-12-25)15(2)16-7-5-8-18(13-16)28-3/h5,7-8,13-15H,4,6,9-12H2,1-3H3. The van der Waals surface area contributed by atoms with Crippen LogP contribution in [0.3, 0.4) is 0 Å². The van der Waals surface area contributed by atoms with Crippen molar-refractivity contribution in [3.05, 3.63) is 51.9 Å². The Labute approximate surface area is 174 Å². The van der Waals surface area contributed by atoms with Crippen LogP contribution in [0, 0.1) is 0 Å². The zero-order chi connectivity index (χ0) is 20.4. The highest BCUT2D eigenvalue weighted by Crippen LogP contribution is 2.27. The van der Waals surface area contributed by atoms with E-state index in [0.717, 1.165) is 55.6 Å². The predicted octanol–water partition coefficient (Wildman–Crippen LogP) is 3.00. The van der Waals surface area contributed by atoms with Gasteiger partial charge in [0.25, 0.3) is 5.56 Å². The summed E-state index contributed by atoms with van der Waals surface area (Å²) in [6, 6.07) is 10.2. The third kappa shape index (κ3) is 4.13. The molecule has 3 heterocycles. The van der Waals surface area contributed by atoms with Crippen molar-refractivity contribution in [2.45, 2.75) is 32.7 Å². The van der Waals surface area contributed by atoms with Crippen LogP contribution in [0.15, 0.2) is 35.1 Å². The average Bonchev–Trinajstić information content (AvgIpc) is 3.18. The molecule has 7 nitrogen and oxygen atoms in total. The second kappa shape index (κ2) is 8.51. The molecule has 0 N–H and O–H groups in total. The van der Waals surface area contributed by atoms with Gasteiger partial charge in [-0.25, -0.2) is 4.98 Å². The molecule has 1 aliphatic heterocycles. The summed E-state index contributed by atoms with van der Waals surface area (Å²) in [7, 11) is 1.70. The van der Waals surface area contributed by atoms with Crippen LogP contribution in [-0.2, 0) is 6.42 Å². The summed E-state index contributed by atoms with van der Waals surface area (Å²) in [5.74, 6) is 0.892. The zero-order valence-corrected chi connectivity index (χ0v) is 18.0. The molecule has 1 aliphatic rings. The molecule has 0 aliphatic carbocycles. The van der Waals surface area contributed by atoms with Gasteiger partial charge >= 0.3 is 0 Å². The van der Waals surface area contributed by atoms with E-state index in [1.807, 2.05) is 12.1 Å². The van der Waals surface area contributed by atoms with E-state index in [1.54, 1.807) is 13.2 Å². The smallest absolute Gasteiger partial charge is 0.275 e. The summed E-state index contributed by atoms with van der Waals surface area (Å²) in [5, 5.41) is 5.41. The van der Waals surface area contributed by atoms with Gasteiger partial charge in [-0.05, 0) is 31.0 Å². The van der Waals surface area contributed by atoms with Gasteiger partial charge in [-0.2, -0.15) is 4.52 Å². The summed E-state index contributed by atoms with van der Waals surface area (Å²) < 4.78 is 6.80. The third-order valence-electron chi connectivity index (χ3n) is 5.50. The number of hydrogen-bond acceptors (Lipinski definition) is 7. The Morgan fingerprint density at radius 2 is 2.00 bits per heavy atom. The molecule has 8 heteroatoms. The van der Waals surface area contributed by atoms with Gasteiger partial charge in [0, 0.05) is 44.0 Å². The van der Waals surface area contributed by atoms with Gasteiger partial charge in [-0.15, -0.1) is 5.10 Å². The molecule has 0 amide bonds. The Hall–Kier alpha value is -2.45. The molecule has 1 unspecified atom stereocenters. The molecular weight excluding hydrogens is 386 g/mol. The fourth-order valence-corrected chi connectivity index (χ4v) is 4.75. The number of methoxy groups -OCH3 is 1. The van der Waals surface area contributed by atoms with E-state index in [0.29, 0.717) is 11.0 Å². The van der Waals surface area contributed by atoms with E-state index in [1.165, 1.54) is 21.4 Å². The van der Waals surface area contributed by atoms with E-state index in [2.05, 4.69) is 45.9 Å². The number of aryl methyl sites for hydroxylation is 1. The quantitative estimate of drug-likeness (QED) is 0.619. The fraction of sp³-hybridized carbons (Fsp3) is 0.476. The van der Waals surface area contributed by atoms with Gasteiger partial charge in [0.1, 0.15) is 5.75 Å². The topological polar surface area (TPSA) is 63.0 Å². The Morgan fingerprint density at radius 1 is 1.21 bits per heavy atom. The van der Waals surface area contributed by atoms with Crippen LogP contribution in [0.5, 0.6) is 5.75 Å². The minimum absolute atomic E-state index is 0.0915. The molecule has 2 aromatic heterocycles. The first kappa shape index (κ1) is 19.8. The van der Waals surface area contributed by atoms with Crippen LogP contribution < -0.4 is 15.2 Å². The van der Waals surface area contributed by atoms with Crippen molar-refractivity contribution in [2.75, 3.05) is 38.2 Å². The zero-order valence-electron chi connectivity index (χ0n) is 17.2. The summed E-state index contributed by atoms with van der Waals surface area (Å²) in [4.78, 5) is 22.4. The van der Waals surface area contributed by atoms with Gasteiger partial charge in [0.05, 0.1) is 7.11 Å². The first-order valence-electron chi connectivity index (χ1n) is 10.1. The van der Waals surface area contributed by atoms with E-state index in [4.69, 9.17) is 4.74 Å². The minimum atomic E-state index is -0.0915. The van der Waals surface area contributed by atoms with Gasteiger partial charge in [-0.1, -0.05) is 36.8 Å². The van der Waals surface area contributed by atoms with Crippen molar-refractivity contribution in [3.63, 3.8) is 0 Å². The predicted molar refractivity (Wildman–Crippen MR) is 116 cm³/mol. The molecule has 0 spiro atoms. The van der Waals surface area contributed by atoms with Gasteiger partial charge in [0.2, 0.25) is 10.1 Å². The lowest BCUT2D eigenvalue weighted by Gasteiger charge is -2.38. The van der Waals surface area contributed by atoms with Crippen LogP contribution in [0.2, 0.25) is 0 Å². The number of hydrogen-bond donors (Lipinski definition) is 0. The number of benzene rings is 1. The van der Waals surface area contributed by atoms with Crippen molar-refractivity contribution in [1.29, 1.82) is 0 Å². The number of nitrogens with zero attached hydrogens (tertiary/aromatic N) is 5. The largest absolute Gasteiger partial charge is 0.497 e. The molecule has 154 valence electrons. The van der Waals surface area contributed by atoms with Gasteiger partial charge in [0.15, 0.2) is 0 Å². The number of aromatic nitrogens is 3. The monoisotopic (exact) mass is 413 g/mol. The minimum Gasteiger partial charge on any atom is -0.497 e. The lowest BCUT2D eigenvalue weighted by molar-refractivity contribution is 0.198. The maximum absolute atomic E-state index is 12.4. The summed E-state index contributed by atoms with van der Waals surface area (Å²) in [5.41, 5.74) is 2.02. The highest BCUT2D eigenvalue weighted by atomic mass is 32.1. The molecular formula is C21H27N5O2S. The molecule has 1 aromatic carbocycles.